The summed E-state index contributed by atoms with van der Waals surface area (Å²) in [5.41, 5.74) is 5.18. The molecule has 0 radical (unpaired) electrons. The van der Waals surface area contributed by atoms with Crippen LogP contribution in [0.1, 0.15) is 244 Å². The van der Waals surface area contributed by atoms with Crippen LogP contribution in [0, 0.1) is 11.8 Å². The number of hydrogen-bond acceptors (Lipinski definition) is 7. The molecule has 5 heterocycles. The van der Waals surface area contributed by atoms with Gasteiger partial charge < -0.3 is 0 Å². The van der Waals surface area contributed by atoms with E-state index in [0.717, 1.165) is 22.9 Å². The van der Waals surface area contributed by atoms with Crippen LogP contribution < -0.4 is 0 Å². The highest BCUT2D eigenvalue weighted by atomic mass is 79.9. The Morgan fingerprint density at radius 3 is 0.970 bits per heavy atom. The molecule has 0 aliphatic rings. The maximum absolute atomic E-state index is 4.94. The highest BCUT2D eigenvalue weighted by Gasteiger charge is 2.23. The minimum Gasteiger partial charge on any atom is -0.172 e. The topological polar surface area (TPSA) is 25.8 Å². The Balaban J connectivity index is 1.16. The van der Waals surface area contributed by atoms with Crippen LogP contribution in [-0.4, -0.2) is 8.75 Å². The van der Waals surface area contributed by atoms with Crippen molar-refractivity contribution in [3.05, 3.63) is 43.0 Å². The summed E-state index contributed by atoms with van der Waals surface area (Å²) < 4.78 is 15.3. The fourth-order valence-corrected chi connectivity index (χ4v) is 17.1. The second kappa shape index (κ2) is 31.7. The van der Waals surface area contributed by atoms with E-state index in [9.17, 15) is 0 Å². The van der Waals surface area contributed by atoms with Crippen molar-refractivity contribution in [1.29, 1.82) is 0 Å². The number of unbranched alkanes of at least 4 members (excludes halogenated alkanes) is 24. The quantitative estimate of drug-likeness (QED) is 0.0361. The average Bonchev–Trinajstić information content (AvgIpc) is 4.18. The lowest BCUT2D eigenvalue weighted by atomic mass is 9.89. The number of nitrogens with zero attached hydrogens (tertiary/aromatic N) is 2. The van der Waals surface area contributed by atoms with Crippen LogP contribution in [0.4, 0.5) is 0 Å². The third-order valence-corrected chi connectivity index (χ3v) is 21.8. The first kappa shape index (κ1) is 55.6. The van der Waals surface area contributed by atoms with E-state index < -0.39 is 0 Å². The molecule has 2 unspecified atom stereocenters. The summed E-state index contributed by atoms with van der Waals surface area (Å²) in [6.07, 6.45) is 46.9. The van der Waals surface area contributed by atoms with Gasteiger partial charge in [0.05, 0.1) is 28.7 Å². The summed E-state index contributed by atoms with van der Waals surface area (Å²) in [5.74, 6) is 1.55. The number of halogens is 2. The lowest BCUT2D eigenvalue weighted by molar-refractivity contribution is 0.400. The summed E-state index contributed by atoms with van der Waals surface area (Å²) in [4.78, 5) is 5.52. The van der Waals surface area contributed by atoms with Gasteiger partial charge in [-0.15, -0.1) is 45.3 Å². The summed E-state index contributed by atoms with van der Waals surface area (Å²) >= 11 is 17.4. The van der Waals surface area contributed by atoms with E-state index in [-0.39, 0.29) is 0 Å². The van der Waals surface area contributed by atoms with Gasteiger partial charge >= 0.3 is 0 Å². The van der Waals surface area contributed by atoms with Crippen LogP contribution >= 0.6 is 88.9 Å². The Bertz CT molecular complexity index is 2100. The standard InChI is InChI=1S/C58H86Br2N2S5/c1-5-9-13-17-21-23-27-31-35-43(33-29-25-19-15-11-7-3)37-45-39-49(65-57(45)59)51-41-47-53-54(62-67-61-53)48-42-52(64-56(48)55(47)63-51)50-40-46(58(60)66-50)38-44(34-30-26-20-16-12-8-4)36-32-28-24-22-18-14-10-6-2/h39-44H,5-38H2,1-4H3. The van der Waals surface area contributed by atoms with Crippen LogP contribution in [0.3, 0.4) is 0 Å². The van der Waals surface area contributed by atoms with E-state index in [0.29, 0.717) is 0 Å². The van der Waals surface area contributed by atoms with Gasteiger partial charge in [0.1, 0.15) is 11.0 Å². The highest BCUT2D eigenvalue weighted by Crippen LogP contribution is 2.50. The zero-order valence-electron chi connectivity index (χ0n) is 42.2. The van der Waals surface area contributed by atoms with Crippen LogP contribution in [-0.2, 0) is 12.8 Å². The molecule has 0 saturated carbocycles. The van der Waals surface area contributed by atoms with Crippen molar-refractivity contribution in [1.82, 2.24) is 8.75 Å². The first-order chi connectivity index (χ1) is 32.9. The molecule has 0 saturated heterocycles. The molecule has 6 aromatic rings. The molecule has 2 nitrogen and oxygen atoms in total. The summed E-state index contributed by atoms with van der Waals surface area (Å²) in [6.45, 7) is 9.29. The lowest BCUT2D eigenvalue weighted by Gasteiger charge is -2.17. The summed E-state index contributed by atoms with van der Waals surface area (Å²) in [6, 6.07) is 9.95. The maximum Gasteiger partial charge on any atom is 0.114 e. The maximum atomic E-state index is 4.94. The number of fused-ring (bicyclic) bond motifs is 6. The van der Waals surface area contributed by atoms with Crippen molar-refractivity contribution < 1.29 is 0 Å². The number of rotatable bonds is 38. The van der Waals surface area contributed by atoms with Gasteiger partial charge in [0, 0.05) is 30.3 Å². The third kappa shape index (κ3) is 17.8. The van der Waals surface area contributed by atoms with Crippen LogP contribution in [0.5, 0.6) is 0 Å². The predicted molar refractivity (Wildman–Crippen MR) is 315 cm³/mol. The zero-order valence-corrected chi connectivity index (χ0v) is 49.5. The van der Waals surface area contributed by atoms with Crippen molar-refractivity contribution in [2.75, 3.05) is 0 Å². The largest absolute Gasteiger partial charge is 0.172 e. The molecule has 9 heteroatoms. The number of benzene rings is 1. The molecule has 0 bridgehead atoms. The Morgan fingerprint density at radius 2 is 0.657 bits per heavy atom. The first-order valence-electron chi connectivity index (χ1n) is 27.6. The van der Waals surface area contributed by atoms with Gasteiger partial charge in [-0.2, -0.15) is 8.75 Å². The van der Waals surface area contributed by atoms with Gasteiger partial charge in [-0.1, -0.05) is 233 Å². The molecule has 372 valence electrons. The van der Waals surface area contributed by atoms with Crippen LogP contribution in [0.15, 0.2) is 31.8 Å². The van der Waals surface area contributed by atoms with Gasteiger partial charge in [0.2, 0.25) is 0 Å². The van der Waals surface area contributed by atoms with Crippen molar-refractivity contribution in [2.24, 2.45) is 11.8 Å². The SMILES string of the molecule is CCCCCCCCCCC(CCCCCCCC)Cc1cc(-c2cc3c4nsnc4c4cc(-c5cc(CC(CCCCCCCC)CCCCCCCCCC)c(Br)s5)sc4c3s2)sc1Br. The van der Waals surface area contributed by atoms with E-state index in [1.807, 2.05) is 45.3 Å². The third-order valence-electron chi connectivity index (χ3n) is 14.6. The molecule has 2 atom stereocenters. The van der Waals surface area contributed by atoms with E-state index in [4.69, 9.17) is 8.75 Å². The molecule has 0 amide bonds. The number of thiophene rings is 4. The minimum absolute atomic E-state index is 0.774. The van der Waals surface area contributed by atoms with E-state index in [2.05, 4.69) is 83.8 Å². The van der Waals surface area contributed by atoms with Crippen molar-refractivity contribution >= 4 is 120 Å². The molecule has 0 aliphatic heterocycles. The zero-order chi connectivity index (χ0) is 47.1. The number of hydrogen-bond donors (Lipinski definition) is 0. The highest BCUT2D eigenvalue weighted by molar-refractivity contribution is 9.11. The molecule has 1 aromatic carbocycles. The second-order valence-corrected chi connectivity index (χ2v) is 27.6. The molecular weight excluding hydrogens is 1040 g/mol. The van der Waals surface area contributed by atoms with Crippen LogP contribution in [0.2, 0.25) is 0 Å². The molecule has 0 spiro atoms. The van der Waals surface area contributed by atoms with Crippen LogP contribution in [0.25, 0.3) is 50.7 Å². The lowest BCUT2D eigenvalue weighted by Crippen LogP contribution is -2.05. The van der Waals surface area contributed by atoms with Gasteiger partial charge in [-0.05, 0) is 91.9 Å². The Kier molecular flexibility index (Phi) is 26.3. The summed E-state index contributed by atoms with van der Waals surface area (Å²) in [7, 11) is 0. The molecule has 6 rings (SSSR count). The second-order valence-electron chi connectivity index (χ2n) is 20.3. The van der Waals surface area contributed by atoms with Crippen molar-refractivity contribution in [3.63, 3.8) is 0 Å². The van der Waals surface area contributed by atoms with Crippen molar-refractivity contribution in [2.45, 2.75) is 246 Å². The minimum atomic E-state index is 0.774. The van der Waals surface area contributed by atoms with Gasteiger partial charge in [-0.3, -0.25) is 0 Å². The fourth-order valence-electron chi connectivity index (χ4n) is 10.5. The fraction of sp³-hybridized carbons (Fsp3) is 0.690. The summed E-state index contributed by atoms with van der Waals surface area (Å²) in [5, 5.41) is 2.55. The van der Waals surface area contributed by atoms with Gasteiger partial charge in [0.15, 0.2) is 0 Å². The monoisotopic (exact) mass is 1130 g/mol. The molecule has 0 aliphatic carbocycles. The van der Waals surface area contributed by atoms with E-state index in [1.165, 1.54) is 288 Å². The smallest absolute Gasteiger partial charge is 0.114 e. The molecule has 67 heavy (non-hydrogen) atoms. The number of aromatic nitrogens is 2. The molecular formula is C58H86Br2N2S5. The average molecular weight is 1130 g/mol. The van der Waals surface area contributed by atoms with E-state index in [1.54, 1.807) is 0 Å². The molecule has 0 N–H and O–H groups in total. The van der Waals surface area contributed by atoms with E-state index >= 15 is 0 Å². The Morgan fingerprint density at radius 1 is 0.373 bits per heavy atom. The Labute approximate surface area is 445 Å². The first-order valence-corrected chi connectivity index (χ1v) is 33.2. The molecule has 0 fully saturated rings. The molecule has 5 aromatic heterocycles. The predicted octanol–water partition coefficient (Wildman–Crippen LogP) is 24.0. The normalized spacial score (nSPS) is 13.0. The Hall–Kier alpha value is -0.680. The van der Waals surface area contributed by atoms with Gasteiger partial charge in [0.25, 0.3) is 0 Å². The van der Waals surface area contributed by atoms with Gasteiger partial charge in [-0.25, -0.2) is 0 Å². The van der Waals surface area contributed by atoms with Crippen molar-refractivity contribution in [3.8, 4) is 19.5 Å².